The van der Waals surface area contributed by atoms with Gasteiger partial charge in [-0.2, -0.15) is 0 Å². The Kier molecular flexibility index (Phi) is 4.23. The molecule has 0 spiro atoms. The van der Waals surface area contributed by atoms with E-state index in [1.807, 2.05) is 12.1 Å². The number of hydrogen-bond donors (Lipinski definition) is 1. The fourth-order valence-electron chi connectivity index (χ4n) is 2.70. The van der Waals surface area contributed by atoms with Crippen molar-refractivity contribution < 1.29 is 0 Å². The average molecular weight is 262 g/mol. The van der Waals surface area contributed by atoms with E-state index in [0.717, 1.165) is 11.5 Å². The standard InChI is InChI=1S/C15H22N2S/c1-11-3-7-13(8-4-11)17(2)14-9-5-12(6-10-14)15(16)18/h5-6,9-11,13H,3-4,7-8H2,1-2H3,(H2,16,18). The molecule has 2 nitrogen and oxygen atoms in total. The van der Waals surface area contributed by atoms with Crippen LogP contribution in [0, 0.1) is 5.92 Å². The van der Waals surface area contributed by atoms with Crippen molar-refractivity contribution in [3.05, 3.63) is 29.8 Å². The van der Waals surface area contributed by atoms with E-state index < -0.39 is 0 Å². The molecule has 0 heterocycles. The molecule has 0 radical (unpaired) electrons. The van der Waals surface area contributed by atoms with E-state index >= 15 is 0 Å². The quantitative estimate of drug-likeness (QED) is 0.847. The SMILES string of the molecule is CC1CCC(N(C)c2ccc(C(N)=S)cc2)CC1. The molecule has 0 aliphatic heterocycles. The first-order valence-corrected chi connectivity index (χ1v) is 7.11. The van der Waals surface area contributed by atoms with Gasteiger partial charge in [-0.25, -0.2) is 0 Å². The van der Waals surface area contributed by atoms with Gasteiger partial charge in [0.1, 0.15) is 4.99 Å². The molecule has 1 fully saturated rings. The highest BCUT2D eigenvalue weighted by atomic mass is 32.1. The predicted octanol–water partition coefficient (Wildman–Crippen LogP) is 3.34. The maximum absolute atomic E-state index is 5.62. The van der Waals surface area contributed by atoms with Gasteiger partial charge in [-0.15, -0.1) is 0 Å². The van der Waals surface area contributed by atoms with Crippen molar-refractivity contribution in [1.82, 2.24) is 0 Å². The monoisotopic (exact) mass is 262 g/mol. The van der Waals surface area contributed by atoms with Gasteiger partial charge < -0.3 is 10.6 Å². The summed E-state index contributed by atoms with van der Waals surface area (Å²) >= 11 is 4.97. The van der Waals surface area contributed by atoms with Crippen molar-refractivity contribution >= 4 is 22.9 Å². The molecular formula is C15H22N2S. The van der Waals surface area contributed by atoms with Crippen molar-refractivity contribution in [2.24, 2.45) is 11.7 Å². The molecule has 3 heteroatoms. The van der Waals surface area contributed by atoms with Crippen molar-refractivity contribution in [2.45, 2.75) is 38.6 Å². The maximum atomic E-state index is 5.62. The zero-order valence-corrected chi connectivity index (χ0v) is 12.0. The van der Waals surface area contributed by atoms with Crippen molar-refractivity contribution in [3.63, 3.8) is 0 Å². The Morgan fingerprint density at radius 1 is 1.17 bits per heavy atom. The largest absolute Gasteiger partial charge is 0.389 e. The van der Waals surface area contributed by atoms with Gasteiger partial charge in [0.25, 0.3) is 0 Å². The van der Waals surface area contributed by atoms with Gasteiger partial charge in [-0.1, -0.05) is 19.1 Å². The third-order valence-electron chi connectivity index (χ3n) is 4.09. The van der Waals surface area contributed by atoms with Gasteiger partial charge in [0.05, 0.1) is 0 Å². The zero-order chi connectivity index (χ0) is 13.1. The molecule has 18 heavy (non-hydrogen) atoms. The van der Waals surface area contributed by atoms with Crippen molar-refractivity contribution in [2.75, 3.05) is 11.9 Å². The summed E-state index contributed by atoms with van der Waals surface area (Å²) in [5, 5.41) is 0. The Morgan fingerprint density at radius 3 is 2.22 bits per heavy atom. The second-order valence-corrected chi connectivity index (χ2v) is 5.88. The van der Waals surface area contributed by atoms with Crippen LogP contribution in [0.25, 0.3) is 0 Å². The van der Waals surface area contributed by atoms with E-state index in [1.54, 1.807) is 0 Å². The summed E-state index contributed by atoms with van der Waals surface area (Å²) in [5.74, 6) is 0.895. The summed E-state index contributed by atoms with van der Waals surface area (Å²) in [6, 6.07) is 8.94. The van der Waals surface area contributed by atoms with Crippen molar-refractivity contribution in [1.29, 1.82) is 0 Å². The van der Waals surface area contributed by atoms with E-state index in [-0.39, 0.29) is 0 Å². The molecule has 1 saturated carbocycles. The number of nitrogens with two attached hydrogens (primary N) is 1. The molecule has 0 atom stereocenters. The Morgan fingerprint density at radius 2 is 1.72 bits per heavy atom. The molecule has 0 aromatic heterocycles. The predicted molar refractivity (Wildman–Crippen MR) is 82.2 cm³/mol. The van der Waals surface area contributed by atoms with Gasteiger partial charge in [0, 0.05) is 24.3 Å². The highest BCUT2D eigenvalue weighted by Crippen LogP contribution is 2.29. The van der Waals surface area contributed by atoms with E-state index in [0.29, 0.717) is 11.0 Å². The van der Waals surface area contributed by atoms with Gasteiger partial charge >= 0.3 is 0 Å². The van der Waals surface area contributed by atoms with Crippen LogP contribution in [0.1, 0.15) is 38.2 Å². The van der Waals surface area contributed by atoms with E-state index in [2.05, 4.69) is 31.0 Å². The Balaban J connectivity index is 2.04. The minimum atomic E-state index is 0.468. The van der Waals surface area contributed by atoms with Gasteiger partial charge in [0.2, 0.25) is 0 Å². The summed E-state index contributed by atoms with van der Waals surface area (Å²) in [5.41, 5.74) is 7.82. The topological polar surface area (TPSA) is 29.3 Å². The number of benzene rings is 1. The lowest BCUT2D eigenvalue weighted by Crippen LogP contribution is -2.34. The average Bonchev–Trinajstić information content (AvgIpc) is 2.39. The van der Waals surface area contributed by atoms with E-state index in [9.17, 15) is 0 Å². The molecule has 0 amide bonds. The number of anilines is 1. The van der Waals surface area contributed by atoms with Crippen LogP contribution in [0.2, 0.25) is 0 Å². The summed E-state index contributed by atoms with van der Waals surface area (Å²) in [6.07, 6.45) is 5.30. The van der Waals surface area contributed by atoms with Gasteiger partial charge in [-0.05, 0) is 55.9 Å². The fraction of sp³-hybridized carbons (Fsp3) is 0.533. The molecule has 98 valence electrons. The van der Waals surface area contributed by atoms with Crippen LogP contribution in [0.4, 0.5) is 5.69 Å². The highest BCUT2D eigenvalue weighted by Gasteiger charge is 2.21. The molecule has 2 rings (SSSR count). The van der Waals surface area contributed by atoms with Crippen LogP contribution < -0.4 is 10.6 Å². The fourth-order valence-corrected chi connectivity index (χ4v) is 2.84. The lowest BCUT2D eigenvalue weighted by molar-refractivity contribution is 0.341. The molecule has 0 saturated heterocycles. The first-order chi connectivity index (χ1) is 8.58. The number of nitrogens with zero attached hydrogens (tertiary/aromatic N) is 1. The lowest BCUT2D eigenvalue weighted by atomic mass is 9.86. The van der Waals surface area contributed by atoms with E-state index in [1.165, 1.54) is 31.4 Å². The zero-order valence-electron chi connectivity index (χ0n) is 11.2. The van der Waals surface area contributed by atoms with Gasteiger partial charge in [0.15, 0.2) is 0 Å². The molecule has 1 aliphatic carbocycles. The van der Waals surface area contributed by atoms with Crippen LogP contribution in [-0.4, -0.2) is 18.1 Å². The number of rotatable bonds is 3. The van der Waals surface area contributed by atoms with Crippen LogP contribution in [-0.2, 0) is 0 Å². The maximum Gasteiger partial charge on any atom is 0.103 e. The Hall–Kier alpha value is -1.09. The third-order valence-corrected chi connectivity index (χ3v) is 4.33. The number of thiocarbonyl (C=S) groups is 1. The molecule has 0 bridgehead atoms. The summed E-state index contributed by atoms with van der Waals surface area (Å²) in [7, 11) is 2.19. The summed E-state index contributed by atoms with van der Waals surface area (Å²) in [4.78, 5) is 2.87. The molecule has 1 aromatic rings. The van der Waals surface area contributed by atoms with Gasteiger partial charge in [-0.3, -0.25) is 0 Å². The van der Waals surface area contributed by atoms with Crippen LogP contribution in [0.15, 0.2) is 24.3 Å². The second kappa shape index (κ2) is 5.70. The Labute approximate surface area is 115 Å². The Bertz CT molecular complexity index is 405. The smallest absolute Gasteiger partial charge is 0.103 e. The third kappa shape index (κ3) is 3.02. The molecule has 2 N–H and O–H groups in total. The first-order valence-electron chi connectivity index (χ1n) is 6.70. The minimum Gasteiger partial charge on any atom is -0.389 e. The molecule has 0 unspecified atom stereocenters. The first kappa shape index (κ1) is 13.3. The summed E-state index contributed by atoms with van der Waals surface area (Å²) < 4.78 is 0. The molecule has 1 aliphatic rings. The number of hydrogen-bond acceptors (Lipinski definition) is 2. The summed E-state index contributed by atoms with van der Waals surface area (Å²) in [6.45, 7) is 2.35. The highest BCUT2D eigenvalue weighted by molar-refractivity contribution is 7.80. The second-order valence-electron chi connectivity index (χ2n) is 5.44. The lowest BCUT2D eigenvalue weighted by Gasteiger charge is -2.35. The van der Waals surface area contributed by atoms with Crippen LogP contribution in [0.5, 0.6) is 0 Å². The molecule has 1 aromatic carbocycles. The minimum absolute atomic E-state index is 0.468. The normalized spacial score (nSPS) is 23.7. The van der Waals surface area contributed by atoms with Crippen LogP contribution in [0.3, 0.4) is 0 Å². The molecular weight excluding hydrogens is 240 g/mol. The van der Waals surface area contributed by atoms with Crippen LogP contribution >= 0.6 is 12.2 Å². The van der Waals surface area contributed by atoms with E-state index in [4.69, 9.17) is 18.0 Å². The van der Waals surface area contributed by atoms with Crippen molar-refractivity contribution in [3.8, 4) is 0 Å².